The summed E-state index contributed by atoms with van der Waals surface area (Å²) in [4.78, 5) is 14.1. The summed E-state index contributed by atoms with van der Waals surface area (Å²) in [5.41, 5.74) is 8.87. The van der Waals surface area contributed by atoms with Crippen LogP contribution in [-0.4, -0.2) is 32.4 Å². The van der Waals surface area contributed by atoms with Gasteiger partial charge in [-0.1, -0.05) is 17.2 Å². The quantitative estimate of drug-likeness (QED) is 0.230. The predicted molar refractivity (Wildman–Crippen MR) is 75.8 cm³/mol. The summed E-state index contributed by atoms with van der Waals surface area (Å²) in [5.74, 6) is 0.367. The van der Waals surface area contributed by atoms with Crippen molar-refractivity contribution in [3.05, 3.63) is 40.3 Å². The first-order valence-corrected chi connectivity index (χ1v) is 6.59. The van der Waals surface area contributed by atoms with Gasteiger partial charge >= 0.3 is 5.97 Å². The Morgan fingerprint density at radius 2 is 2.14 bits per heavy atom. The molecule has 0 amide bonds. The lowest BCUT2D eigenvalue weighted by Gasteiger charge is -2.07. The highest BCUT2D eigenvalue weighted by Gasteiger charge is 2.07. The molecule has 0 spiro atoms. The number of benzene rings is 1. The Morgan fingerprint density at radius 1 is 1.43 bits per heavy atom. The third-order valence-electron chi connectivity index (χ3n) is 2.78. The summed E-state index contributed by atoms with van der Waals surface area (Å²) in [6.45, 7) is -0.0258. The number of esters is 1. The third kappa shape index (κ3) is 7.17. The van der Waals surface area contributed by atoms with Crippen LogP contribution in [0.25, 0.3) is 10.4 Å². The number of halogens is 1. The van der Waals surface area contributed by atoms with Crippen LogP contribution in [0.3, 0.4) is 0 Å². The molecule has 0 aliphatic heterocycles. The number of methoxy groups -OCH3 is 1. The molecule has 0 saturated heterocycles. The van der Waals surface area contributed by atoms with Crippen LogP contribution in [0, 0.1) is 0 Å². The molecule has 1 atom stereocenters. The zero-order valence-electron chi connectivity index (χ0n) is 11.9. The SMILES string of the molecule is COc1ccc(CC(=O)OCCCC(F)CN=[N+]=[N-])cc1. The van der Waals surface area contributed by atoms with Crippen molar-refractivity contribution in [2.45, 2.75) is 25.4 Å². The van der Waals surface area contributed by atoms with E-state index in [1.165, 1.54) is 0 Å². The number of hydrogen-bond donors (Lipinski definition) is 0. The first-order valence-electron chi connectivity index (χ1n) is 6.59. The lowest BCUT2D eigenvalue weighted by atomic mass is 10.1. The number of azide groups is 1. The van der Waals surface area contributed by atoms with E-state index in [9.17, 15) is 9.18 Å². The summed E-state index contributed by atoms with van der Waals surface area (Å²) >= 11 is 0. The molecular weight excluding hydrogens is 277 g/mol. The van der Waals surface area contributed by atoms with E-state index in [0.717, 1.165) is 11.3 Å². The summed E-state index contributed by atoms with van der Waals surface area (Å²) < 4.78 is 23.2. The van der Waals surface area contributed by atoms with Gasteiger partial charge in [0.2, 0.25) is 0 Å². The van der Waals surface area contributed by atoms with Gasteiger partial charge in [0.25, 0.3) is 0 Å². The molecule has 0 saturated carbocycles. The molecule has 1 unspecified atom stereocenters. The smallest absolute Gasteiger partial charge is 0.310 e. The van der Waals surface area contributed by atoms with E-state index >= 15 is 0 Å². The molecule has 0 heterocycles. The van der Waals surface area contributed by atoms with Crippen LogP contribution in [0.4, 0.5) is 4.39 Å². The third-order valence-corrected chi connectivity index (χ3v) is 2.78. The second-order valence-electron chi connectivity index (χ2n) is 4.40. The van der Waals surface area contributed by atoms with Gasteiger partial charge in [-0.25, -0.2) is 4.39 Å². The number of rotatable bonds is 9. The van der Waals surface area contributed by atoms with Crippen molar-refractivity contribution in [1.82, 2.24) is 0 Å². The molecule has 114 valence electrons. The zero-order valence-corrected chi connectivity index (χ0v) is 11.9. The molecule has 0 aliphatic carbocycles. The van der Waals surface area contributed by atoms with Crippen molar-refractivity contribution < 1.29 is 18.7 Å². The second-order valence-corrected chi connectivity index (χ2v) is 4.40. The normalized spacial score (nSPS) is 11.3. The standard InChI is InChI=1S/C14H18FN3O3/c1-20-13-6-4-11(5-7-13)9-14(19)21-8-2-3-12(15)10-17-18-16/h4-7,12H,2-3,8-10H2,1H3. The fourth-order valence-electron chi connectivity index (χ4n) is 1.67. The number of ether oxygens (including phenoxy) is 2. The van der Waals surface area contributed by atoms with Crippen molar-refractivity contribution in [2.75, 3.05) is 20.3 Å². The van der Waals surface area contributed by atoms with Crippen LogP contribution < -0.4 is 4.74 Å². The van der Waals surface area contributed by atoms with E-state index in [-0.39, 0.29) is 32.0 Å². The Balaban J connectivity index is 2.20. The minimum absolute atomic E-state index is 0.158. The lowest BCUT2D eigenvalue weighted by molar-refractivity contribution is -0.143. The van der Waals surface area contributed by atoms with Crippen LogP contribution in [0.5, 0.6) is 5.75 Å². The van der Waals surface area contributed by atoms with E-state index in [2.05, 4.69) is 10.0 Å². The molecule has 6 nitrogen and oxygen atoms in total. The molecule has 1 rings (SSSR count). The summed E-state index contributed by atoms with van der Waals surface area (Å²) in [7, 11) is 1.57. The lowest BCUT2D eigenvalue weighted by Crippen LogP contribution is -2.11. The molecule has 0 fully saturated rings. The molecule has 0 aromatic heterocycles. The van der Waals surface area contributed by atoms with Crippen molar-refractivity contribution in [1.29, 1.82) is 0 Å². The van der Waals surface area contributed by atoms with Gasteiger partial charge in [0, 0.05) is 4.91 Å². The Kier molecular flexibility index (Phi) is 7.68. The highest BCUT2D eigenvalue weighted by molar-refractivity contribution is 5.72. The van der Waals surface area contributed by atoms with Gasteiger partial charge in [-0.2, -0.15) is 0 Å². The Bertz CT molecular complexity index is 487. The van der Waals surface area contributed by atoms with Crippen LogP contribution in [0.15, 0.2) is 29.4 Å². The summed E-state index contributed by atoms with van der Waals surface area (Å²) in [5, 5.41) is 3.14. The van der Waals surface area contributed by atoms with Gasteiger partial charge in [0.1, 0.15) is 11.9 Å². The van der Waals surface area contributed by atoms with Crippen LogP contribution in [-0.2, 0) is 16.0 Å². The number of nitrogens with zero attached hydrogens (tertiary/aromatic N) is 3. The maximum atomic E-state index is 13.1. The van der Waals surface area contributed by atoms with E-state index in [1.54, 1.807) is 31.4 Å². The summed E-state index contributed by atoms with van der Waals surface area (Å²) in [6.07, 6.45) is -0.422. The largest absolute Gasteiger partial charge is 0.497 e. The zero-order chi connectivity index (χ0) is 15.5. The summed E-state index contributed by atoms with van der Waals surface area (Å²) in [6, 6.07) is 7.12. The first kappa shape index (κ1) is 16.8. The van der Waals surface area contributed by atoms with Crippen LogP contribution in [0.2, 0.25) is 0 Å². The number of hydrogen-bond acceptors (Lipinski definition) is 4. The Labute approximate surface area is 122 Å². The fraction of sp³-hybridized carbons (Fsp3) is 0.500. The Hall–Kier alpha value is -2.27. The number of carbonyl (C=O) groups is 1. The van der Waals surface area contributed by atoms with Crippen molar-refractivity contribution in [2.24, 2.45) is 5.11 Å². The highest BCUT2D eigenvalue weighted by Crippen LogP contribution is 2.12. The van der Waals surface area contributed by atoms with E-state index in [0.29, 0.717) is 6.42 Å². The van der Waals surface area contributed by atoms with Gasteiger partial charge in [-0.3, -0.25) is 4.79 Å². The number of alkyl halides is 1. The van der Waals surface area contributed by atoms with Crippen molar-refractivity contribution >= 4 is 5.97 Å². The number of carbonyl (C=O) groups excluding carboxylic acids is 1. The molecule has 0 bridgehead atoms. The van der Waals surface area contributed by atoms with Crippen LogP contribution in [0.1, 0.15) is 18.4 Å². The Morgan fingerprint density at radius 3 is 2.76 bits per heavy atom. The average molecular weight is 295 g/mol. The highest BCUT2D eigenvalue weighted by atomic mass is 19.1. The first-order chi connectivity index (χ1) is 10.2. The fourth-order valence-corrected chi connectivity index (χ4v) is 1.67. The van der Waals surface area contributed by atoms with Crippen molar-refractivity contribution in [3.8, 4) is 5.75 Å². The monoisotopic (exact) mass is 295 g/mol. The average Bonchev–Trinajstić information content (AvgIpc) is 2.50. The molecule has 7 heteroatoms. The maximum Gasteiger partial charge on any atom is 0.310 e. The second kappa shape index (κ2) is 9.61. The molecule has 0 N–H and O–H groups in total. The predicted octanol–water partition coefficient (Wildman–Crippen LogP) is 3.21. The van der Waals surface area contributed by atoms with E-state index < -0.39 is 6.17 Å². The minimum Gasteiger partial charge on any atom is -0.497 e. The maximum absolute atomic E-state index is 13.1. The topological polar surface area (TPSA) is 84.3 Å². The van der Waals surface area contributed by atoms with Gasteiger partial charge in [0.15, 0.2) is 0 Å². The van der Waals surface area contributed by atoms with Crippen molar-refractivity contribution in [3.63, 3.8) is 0 Å². The molecular formula is C14H18FN3O3. The van der Waals surface area contributed by atoms with E-state index in [4.69, 9.17) is 15.0 Å². The van der Waals surface area contributed by atoms with Gasteiger partial charge < -0.3 is 9.47 Å². The van der Waals surface area contributed by atoms with Gasteiger partial charge in [-0.05, 0) is 36.1 Å². The molecule has 1 aromatic carbocycles. The molecule has 0 aliphatic rings. The van der Waals surface area contributed by atoms with Gasteiger partial charge in [-0.15, -0.1) is 0 Å². The van der Waals surface area contributed by atoms with Gasteiger partial charge in [0.05, 0.1) is 26.7 Å². The van der Waals surface area contributed by atoms with E-state index in [1.807, 2.05) is 0 Å². The molecule has 1 aromatic rings. The van der Waals surface area contributed by atoms with Crippen LogP contribution >= 0.6 is 0 Å². The minimum atomic E-state index is -1.19. The molecule has 21 heavy (non-hydrogen) atoms. The molecule has 0 radical (unpaired) electrons.